The molecule has 0 atom stereocenters. The van der Waals surface area contributed by atoms with Crippen molar-refractivity contribution in [1.82, 2.24) is 0 Å². The molecule has 0 aromatic heterocycles. The summed E-state index contributed by atoms with van der Waals surface area (Å²) in [5, 5.41) is 8.79. The summed E-state index contributed by atoms with van der Waals surface area (Å²) in [5.41, 5.74) is -2.62. The Hall–Kier alpha value is -3.43. The lowest BCUT2D eigenvalue weighted by Crippen LogP contribution is -2.25. The fraction of sp³-hybridized carbons (Fsp3) is 0.136. The Morgan fingerprint density at radius 3 is 1.31 bits per heavy atom. The lowest BCUT2D eigenvalue weighted by molar-refractivity contribution is -0.166. The van der Waals surface area contributed by atoms with E-state index in [1.165, 1.54) is 0 Å². The maximum Gasteiger partial charge on any atom is 0.416 e. The molecule has 10 heteroatoms. The van der Waals surface area contributed by atoms with E-state index in [0.29, 0.717) is 12.1 Å². The van der Waals surface area contributed by atoms with Crippen molar-refractivity contribution in [2.24, 2.45) is 0 Å². The van der Waals surface area contributed by atoms with Gasteiger partial charge in [-0.05, 0) is 52.6 Å². The summed E-state index contributed by atoms with van der Waals surface area (Å²) in [5.74, 6) is -6.72. The first-order valence-electron chi connectivity index (χ1n) is 8.82. The number of aliphatic carboxylic acids is 1. The molecule has 0 radical (unpaired) electrons. The minimum atomic E-state index is -4.65. The number of hydrogen-bond acceptors (Lipinski definition) is 1. The molecule has 3 aromatic carbocycles. The number of benzene rings is 3. The molecule has 0 bridgehead atoms. The van der Waals surface area contributed by atoms with Crippen molar-refractivity contribution < 1.29 is 45.0 Å². The Bertz CT molecular complexity index is 1130. The van der Waals surface area contributed by atoms with E-state index in [0.717, 1.165) is 54.6 Å². The van der Waals surface area contributed by atoms with Gasteiger partial charge in [-0.2, -0.15) is 35.1 Å². The molecule has 32 heavy (non-hydrogen) atoms. The summed E-state index contributed by atoms with van der Waals surface area (Å²) in [7, 11) is 0. The van der Waals surface area contributed by atoms with Crippen LogP contribution < -0.4 is 0 Å². The Labute approximate surface area is 175 Å². The molecule has 0 aliphatic rings. The second kappa shape index (κ2) is 7.92. The summed E-state index contributed by atoms with van der Waals surface area (Å²) in [6, 6.07) is 9.84. The minimum Gasteiger partial charge on any atom is -0.477 e. The Balaban J connectivity index is 2.18. The lowest BCUT2D eigenvalue weighted by atomic mass is 9.90. The highest BCUT2D eigenvalue weighted by atomic mass is 19.4. The van der Waals surface area contributed by atoms with Crippen LogP contribution in [0, 0.1) is 0 Å². The summed E-state index contributed by atoms with van der Waals surface area (Å²) in [6.07, 6.45) is -9.25. The fourth-order valence-corrected chi connectivity index (χ4v) is 3.03. The predicted octanol–water partition coefficient (Wildman–Crippen LogP) is 7.23. The molecular weight excluding hydrogens is 448 g/mol. The van der Waals surface area contributed by atoms with Gasteiger partial charge in [-0.25, -0.2) is 4.79 Å². The molecule has 1 N–H and O–H groups in total. The van der Waals surface area contributed by atoms with Crippen LogP contribution in [0.3, 0.4) is 0 Å². The van der Waals surface area contributed by atoms with E-state index in [-0.39, 0.29) is 22.3 Å². The van der Waals surface area contributed by atoms with Gasteiger partial charge in [-0.15, -0.1) is 0 Å². The molecule has 168 valence electrons. The zero-order valence-electron chi connectivity index (χ0n) is 15.7. The molecule has 0 saturated heterocycles. The number of alkyl halides is 8. The zero-order chi connectivity index (χ0) is 23.9. The first kappa shape index (κ1) is 23.2. The maximum absolute atomic E-state index is 14.0. The minimum absolute atomic E-state index is 0.0379. The van der Waals surface area contributed by atoms with Gasteiger partial charge in [0.1, 0.15) is 0 Å². The molecule has 0 saturated carbocycles. The van der Waals surface area contributed by atoms with Crippen LogP contribution in [-0.4, -0.2) is 11.1 Å². The molecular formula is C22H12F8O2. The van der Waals surface area contributed by atoms with Gasteiger partial charge in [0.25, 0.3) is 0 Å². The molecule has 3 rings (SSSR count). The quantitative estimate of drug-likeness (QED) is 0.417. The van der Waals surface area contributed by atoms with Gasteiger partial charge in [0.05, 0.1) is 11.1 Å². The van der Waals surface area contributed by atoms with E-state index in [1.807, 2.05) is 0 Å². The predicted molar refractivity (Wildman–Crippen MR) is 98.8 cm³/mol. The molecule has 0 heterocycles. The van der Waals surface area contributed by atoms with Crippen molar-refractivity contribution in [2.45, 2.75) is 18.3 Å². The highest BCUT2D eigenvalue weighted by molar-refractivity contribution is 5.86. The van der Waals surface area contributed by atoms with Crippen LogP contribution in [0.25, 0.3) is 22.3 Å². The Morgan fingerprint density at radius 1 is 0.562 bits per heavy atom. The normalized spacial score (nSPS) is 12.6. The van der Waals surface area contributed by atoms with Crippen molar-refractivity contribution in [2.75, 3.05) is 0 Å². The largest absolute Gasteiger partial charge is 0.477 e. The van der Waals surface area contributed by atoms with E-state index >= 15 is 0 Å². The van der Waals surface area contributed by atoms with Crippen LogP contribution >= 0.6 is 0 Å². The van der Waals surface area contributed by atoms with Gasteiger partial charge >= 0.3 is 24.2 Å². The Kier molecular flexibility index (Phi) is 5.75. The molecule has 0 aliphatic carbocycles. The Morgan fingerprint density at radius 2 is 0.938 bits per heavy atom. The van der Waals surface area contributed by atoms with Crippen molar-refractivity contribution in [3.05, 3.63) is 83.4 Å². The summed E-state index contributed by atoms with van der Waals surface area (Å²) in [4.78, 5) is 10.9. The van der Waals surface area contributed by atoms with E-state index < -0.39 is 40.9 Å². The summed E-state index contributed by atoms with van der Waals surface area (Å²) < 4.78 is 105. The van der Waals surface area contributed by atoms with Gasteiger partial charge in [0.15, 0.2) is 0 Å². The maximum atomic E-state index is 14.0. The average molecular weight is 460 g/mol. The van der Waals surface area contributed by atoms with E-state index in [2.05, 4.69) is 0 Å². The number of rotatable bonds is 4. The lowest BCUT2D eigenvalue weighted by Gasteiger charge is -2.17. The summed E-state index contributed by atoms with van der Waals surface area (Å²) in [6.45, 7) is 0. The topological polar surface area (TPSA) is 37.3 Å². The van der Waals surface area contributed by atoms with Crippen LogP contribution in [-0.2, 0) is 23.1 Å². The van der Waals surface area contributed by atoms with Crippen LogP contribution in [0.4, 0.5) is 35.1 Å². The average Bonchev–Trinajstić information content (AvgIpc) is 2.72. The van der Waals surface area contributed by atoms with E-state index in [4.69, 9.17) is 5.11 Å². The first-order valence-corrected chi connectivity index (χ1v) is 8.82. The van der Waals surface area contributed by atoms with E-state index in [9.17, 15) is 39.9 Å². The third-order valence-electron chi connectivity index (χ3n) is 4.70. The number of carbonyl (C=O) groups is 1. The third kappa shape index (κ3) is 4.58. The standard InChI is InChI=1S/C22H12F8O2/c23-20(24,19(31)32)16-9-10-17(12-1-5-14(6-2-12)21(25,26)27)18(11-16)13-3-7-15(8-4-13)22(28,29)30/h1-11H,(H,31,32). The van der Waals surface area contributed by atoms with Gasteiger partial charge in [-0.1, -0.05) is 36.4 Å². The van der Waals surface area contributed by atoms with Crippen molar-refractivity contribution >= 4 is 5.97 Å². The van der Waals surface area contributed by atoms with Gasteiger partial charge in [-0.3, -0.25) is 0 Å². The van der Waals surface area contributed by atoms with Crippen LogP contribution in [0.1, 0.15) is 16.7 Å². The number of carboxylic acid groups (broad SMARTS) is 1. The molecule has 0 amide bonds. The molecule has 3 aromatic rings. The van der Waals surface area contributed by atoms with Crippen LogP contribution in [0.2, 0.25) is 0 Å². The highest BCUT2D eigenvalue weighted by Crippen LogP contribution is 2.40. The molecule has 2 nitrogen and oxygen atoms in total. The second-order valence-corrected chi connectivity index (χ2v) is 6.79. The molecule has 0 spiro atoms. The molecule has 0 aliphatic heterocycles. The van der Waals surface area contributed by atoms with E-state index in [1.54, 1.807) is 0 Å². The van der Waals surface area contributed by atoms with Gasteiger partial charge in [0, 0.05) is 5.56 Å². The molecule has 0 fully saturated rings. The van der Waals surface area contributed by atoms with Gasteiger partial charge < -0.3 is 5.11 Å². The third-order valence-corrected chi connectivity index (χ3v) is 4.70. The van der Waals surface area contributed by atoms with Crippen LogP contribution in [0.15, 0.2) is 66.7 Å². The van der Waals surface area contributed by atoms with Gasteiger partial charge in [0.2, 0.25) is 0 Å². The van der Waals surface area contributed by atoms with Crippen molar-refractivity contribution in [3.8, 4) is 22.3 Å². The first-order chi connectivity index (χ1) is 14.7. The number of halogens is 8. The monoisotopic (exact) mass is 460 g/mol. The fourth-order valence-electron chi connectivity index (χ4n) is 3.03. The number of hydrogen-bond donors (Lipinski definition) is 1. The smallest absolute Gasteiger partial charge is 0.416 e. The zero-order valence-corrected chi connectivity index (χ0v) is 15.7. The SMILES string of the molecule is O=C(O)C(F)(F)c1ccc(-c2ccc(C(F)(F)F)cc2)c(-c2ccc(C(F)(F)F)cc2)c1. The van der Waals surface area contributed by atoms with Crippen molar-refractivity contribution in [1.29, 1.82) is 0 Å². The highest BCUT2D eigenvalue weighted by Gasteiger charge is 2.41. The molecule has 0 unspecified atom stereocenters. The second-order valence-electron chi connectivity index (χ2n) is 6.79. The van der Waals surface area contributed by atoms with Crippen LogP contribution in [0.5, 0.6) is 0 Å². The number of carboxylic acids is 1. The van der Waals surface area contributed by atoms with Crippen molar-refractivity contribution in [3.63, 3.8) is 0 Å². The summed E-state index contributed by atoms with van der Waals surface area (Å²) >= 11 is 0.